The standard InChI is InChI=1S/C7H12O3.C2H6/c1-7(10-6(8)9)4-2-3-5-7;1-2/h2-5H2,1H3,(H,8,9);1-2H3. The fraction of sp³-hybridized carbons (Fsp3) is 0.889. The summed E-state index contributed by atoms with van der Waals surface area (Å²) in [6, 6.07) is 0. The van der Waals surface area contributed by atoms with Crippen molar-refractivity contribution in [2.45, 2.75) is 52.1 Å². The SMILES string of the molecule is CC.CC1(OC(=O)O)CCCC1. The molecule has 0 radical (unpaired) electrons. The van der Waals surface area contributed by atoms with Crippen molar-refractivity contribution in [2.75, 3.05) is 0 Å². The van der Waals surface area contributed by atoms with E-state index in [0.29, 0.717) is 0 Å². The summed E-state index contributed by atoms with van der Waals surface area (Å²) in [5.74, 6) is 0. The third kappa shape index (κ3) is 3.60. The maximum Gasteiger partial charge on any atom is 0.506 e. The third-order valence-corrected chi connectivity index (χ3v) is 1.99. The minimum absolute atomic E-state index is 0.383. The minimum Gasteiger partial charge on any atom is -0.450 e. The Hall–Kier alpha value is -0.730. The van der Waals surface area contributed by atoms with Crippen molar-refractivity contribution in [3.63, 3.8) is 0 Å². The average Bonchev–Trinajstić information content (AvgIpc) is 2.38. The number of carbonyl (C=O) groups is 1. The van der Waals surface area contributed by atoms with Gasteiger partial charge < -0.3 is 9.84 Å². The molecule has 1 rings (SSSR count). The molecule has 0 aromatic rings. The van der Waals surface area contributed by atoms with Crippen LogP contribution in [0.2, 0.25) is 0 Å². The van der Waals surface area contributed by atoms with Crippen LogP contribution in [0.5, 0.6) is 0 Å². The fourth-order valence-electron chi connectivity index (χ4n) is 1.44. The van der Waals surface area contributed by atoms with Crippen LogP contribution in [0.15, 0.2) is 0 Å². The van der Waals surface area contributed by atoms with Crippen molar-refractivity contribution in [1.82, 2.24) is 0 Å². The average molecular weight is 174 g/mol. The second-order valence-corrected chi connectivity index (χ2v) is 3.02. The maximum absolute atomic E-state index is 10.1. The number of hydrogen-bond donors (Lipinski definition) is 1. The monoisotopic (exact) mass is 174 g/mol. The van der Waals surface area contributed by atoms with Gasteiger partial charge in [0.1, 0.15) is 5.60 Å². The normalized spacial score (nSPS) is 19.2. The van der Waals surface area contributed by atoms with Gasteiger partial charge >= 0.3 is 6.16 Å². The lowest BCUT2D eigenvalue weighted by atomic mass is 10.1. The van der Waals surface area contributed by atoms with Gasteiger partial charge in [-0.2, -0.15) is 0 Å². The van der Waals surface area contributed by atoms with Crippen LogP contribution >= 0.6 is 0 Å². The molecule has 0 atom stereocenters. The van der Waals surface area contributed by atoms with Gasteiger partial charge in [-0.3, -0.25) is 0 Å². The van der Waals surface area contributed by atoms with Crippen LogP contribution in [0.1, 0.15) is 46.5 Å². The number of ether oxygens (including phenoxy) is 1. The molecule has 0 aliphatic heterocycles. The van der Waals surface area contributed by atoms with E-state index in [1.807, 2.05) is 20.8 Å². The Morgan fingerprint density at radius 3 is 2.08 bits per heavy atom. The zero-order valence-electron chi connectivity index (χ0n) is 8.09. The molecule has 0 heterocycles. The lowest BCUT2D eigenvalue weighted by Gasteiger charge is -2.21. The van der Waals surface area contributed by atoms with Crippen LogP contribution < -0.4 is 0 Å². The van der Waals surface area contributed by atoms with Crippen molar-refractivity contribution >= 4 is 6.16 Å². The van der Waals surface area contributed by atoms with Gasteiger partial charge in [0.25, 0.3) is 0 Å². The first-order valence-electron chi connectivity index (χ1n) is 4.54. The van der Waals surface area contributed by atoms with Crippen molar-refractivity contribution in [3.8, 4) is 0 Å². The van der Waals surface area contributed by atoms with Crippen molar-refractivity contribution in [2.24, 2.45) is 0 Å². The summed E-state index contributed by atoms with van der Waals surface area (Å²) in [6.45, 7) is 5.86. The van der Waals surface area contributed by atoms with E-state index in [1.54, 1.807) is 0 Å². The zero-order valence-corrected chi connectivity index (χ0v) is 8.09. The Balaban J connectivity index is 0.000000561. The Kier molecular flexibility index (Phi) is 4.71. The molecule has 1 N–H and O–H groups in total. The second kappa shape index (κ2) is 5.01. The van der Waals surface area contributed by atoms with E-state index in [2.05, 4.69) is 0 Å². The molecule has 0 amide bonds. The maximum atomic E-state index is 10.1. The summed E-state index contributed by atoms with van der Waals surface area (Å²) in [5, 5.41) is 8.32. The Labute approximate surface area is 73.7 Å². The van der Waals surface area contributed by atoms with Crippen LogP contribution in [0, 0.1) is 0 Å². The molecule has 0 spiro atoms. The molecule has 0 unspecified atom stereocenters. The van der Waals surface area contributed by atoms with E-state index in [0.717, 1.165) is 25.7 Å². The van der Waals surface area contributed by atoms with Crippen LogP contribution in [0.25, 0.3) is 0 Å². The van der Waals surface area contributed by atoms with E-state index < -0.39 is 6.16 Å². The van der Waals surface area contributed by atoms with Gasteiger partial charge in [0, 0.05) is 0 Å². The lowest BCUT2D eigenvalue weighted by molar-refractivity contribution is -0.00303. The van der Waals surface area contributed by atoms with E-state index in [-0.39, 0.29) is 5.60 Å². The number of hydrogen-bond acceptors (Lipinski definition) is 2. The summed E-state index contributed by atoms with van der Waals surface area (Å²) in [7, 11) is 0. The molecular weight excluding hydrogens is 156 g/mol. The Morgan fingerprint density at radius 1 is 1.33 bits per heavy atom. The van der Waals surface area contributed by atoms with Crippen LogP contribution in [0.3, 0.4) is 0 Å². The molecule has 3 heteroatoms. The Bertz CT molecular complexity index is 137. The topological polar surface area (TPSA) is 46.5 Å². The van der Waals surface area contributed by atoms with Crippen molar-refractivity contribution in [3.05, 3.63) is 0 Å². The van der Waals surface area contributed by atoms with E-state index in [9.17, 15) is 4.79 Å². The Morgan fingerprint density at radius 2 is 1.75 bits per heavy atom. The highest BCUT2D eigenvalue weighted by Gasteiger charge is 2.32. The molecular formula is C9H18O3. The molecule has 1 fully saturated rings. The summed E-state index contributed by atoms with van der Waals surface area (Å²) in [4.78, 5) is 10.1. The molecule has 0 aromatic carbocycles. The third-order valence-electron chi connectivity index (χ3n) is 1.99. The quantitative estimate of drug-likeness (QED) is 0.621. The van der Waals surface area contributed by atoms with Gasteiger partial charge in [0.05, 0.1) is 0 Å². The number of carboxylic acid groups (broad SMARTS) is 1. The fourth-order valence-corrected chi connectivity index (χ4v) is 1.44. The number of rotatable bonds is 1. The molecule has 72 valence electrons. The van der Waals surface area contributed by atoms with Gasteiger partial charge in [-0.25, -0.2) is 4.79 Å². The van der Waals surface area contributed by atoms with Crippen LogP contribution in [-0.2, 0) is 4.74 Å². The first-order chi connectivity index (χ1) is 5.62. The predicted octanol–water partition coefficient (Wildman–Crippen LogP) is 3.04. The highest BCUT2D eigenvalue weighted by Crippen LogP contribution is 2.32. The summed E-state index contributed by atoms with van der Waals surface area (Å²) >= 11 is 0. The van der Waals surface area contributed by atoms with Crippen molar-refractivity contribution in [1.29, 1.82) is 0 Å². The van der Waals surface area contributed by atoms with Gasteiger partial charge in [-0.1, -0.05) is 13.8 Å². The first kappa shape index (κ1) is 11.3. The molecule has 1 saturated carbocycles. The minimum atomic E-state index is -1.15. The molecule has 0 aromatic heterocycles. The van der Waals surface area contributed by atoms with Gasteiger partial charge in [-0.05, 0) is 32.6 Å². The van der Waals surface area contributed by atoms with E-state index >= 15 is 0 Å². The summed E-state index contributed by atoms with van der Waals surface area (Å²) < 4.78 is 4.72. The van der Waals surface area contributed by atoms with Crippen LogP contribution in [0.4, 0.5) is 4.79 Å². The summed E-state index contributed by atoms with van der Waals surface area (Å²) in [6.07, 6.45) is 2.77. The van der Waals surface area contributed by atoms with E-state index in [1.165, 1.54) is 0 Å². The zero-order chi connectivity index (χ0) is 9.61. The molecule has 1 aliphatic rings. The second-order valence-electron chi connectivity index (χ2n) is 3.02. The molecule has 0 bridgehead atoms. The van der Waals surface area contributed by atoms with E-state index in [4.69, 9.17) is 9.84 Å². The van der Waals surface area contributed by atoms with Gasteiger partial charge in [0.2, 0.25) is 0 Å². The molecule has 3 nitrogen and oxygen atoms in total. The smallest absolute Gasteiger partial charge is 0.450 e. The lowest BCUT2D eigenvalue weighted by Crippen LogP contribution is -2.26. The largest absolute Gasteiger partial charge is 0.506 e. The molecule has 1 aliphatic carbocycles. The van der Waals surface area contributed by atoms with Crippen LogP contribution in [-0.4, -0.2) is 16.9 Å². The van der Waals surface area contributed by atoms with Gasteiger partial charge in [0.15, 0.2) is 0 Å². The summed E-state index contributed by atoms with van der Waals surface area (Å²) in [5.41, 5.74) is -0.383. The molecule has 12 heavy (non-hydrogen) atoms. The highest BCUT2D eigenvalue weighted by molar-refractivity contribution is 5.57. The molecule has 0 saturated heterocycles. The highest BCUT2D eigenvalue weighted by atomic mass is 16.7. The predicted molar refractivity (Wildman–Crippen MR) is 47.3 cm³/mol. The van der Waals surface area contributed by atoms with Gasteiger partial charge in [-0.15, -0.1) is 0 Å². The first-order valence-corrected chi connectivity index (χ1v) is 4.54. The van der Waals surface area contributed by atoms with Crippen molar-refractivity contribution < 1.29 is 14.6 Å².